The zero-order chi connectivity index (χ0) is 20.7. The van der Waals surface area contributed by atoms with Gasteiger partial charge in [0.15, 0.2) is 16.7 Å². The van der Waals surface area contributed by atoms with Crippen LogP contribution in [0.25, 0.3) is 22.0 Å². The molecule has 4 heterocycles. The van der Waals surface area contributed by atoms with Gasteiger partial charge in [-0.1, -0.05) is 11.8 Å². The lowest BCUT2D eigenvalue weighted by Crippen LogP contribution is -2.23. The summed E-state index contributed by atoms with van der Waals surface area (Å²) in [6, 6.07) is 9.31. The van der Waals surface area contributed by atoms with E-state index >= 15 is 0 Å². The van der Waals surface area contributed by atoms with Crippen LogP contribution in [0.1, 0.15) is 0 Å². The van der Waals surface area contributed by atoms with Gasteiger partial charge < -0.3 is 9.47 Å². The first-order valence-electron chi connectivity index (χ1n) is 9.30. The normalized spacial score (nSPS) is 12.8. The number of thioether (sulfide) groups is 1. The van der Waals surface area contributed by atoms with E-state index in [0.29, 0.717) is 24.7 Å². The molecule has 0 saturated heterocycles. The maximum atomic E-state index is 8.58. The Kier molecular flexibility index (Phi) is 4.51. The number of pyridine rings is 2. The van der Waals surface area contributed by atoms with Gasteiger partial charge in [0.25, 0.3) is 0 Å². The lowest BCUT2D eigenvalue weighted by molar-refractivity contribution is 0.173. The highest BCUT2D eigenvalue weighted by atomic mass is 32.2. The Hall–Kier alpha value is -3.59. The summed E-state index contributed by atoms with van der Waals surface area (Å²) in [5.41, 5.74) is 2.87. The van der Waals surface area contributed by atoms with E-state index in [1.165, 1.54) is 11.8 Å². The molecule has 2 N–H and O–H groups in total. The highest BCUT2D eigenvalue weighted by molar-refractivity contribution is 8.13. The lowest BCUT2D eigenvalue weighted by Gasteiger charge is -2.19. The van der Waals surface area contributed by atoms with Crippen LogP contribution in [0.4, 0.5) is 0 Å². The highest BCUT2D eigenvalue weighted by Crippen LogP contribution is 2.38. The van der Waals surface area contributed by atoms with E-state index in [0.717, 1.165) is 26.9 Å². The number of rotatable bonds is 2. The van der Waals surface area contributed by atoms with Crippen LogP contribution in [0.2, 0.25) is 0 Å². The minimum absolute atomic E-state index is 0.222. The molecule has 5 rings (SSSR count). The molecule has 0 saturated carbocycles. The molecule has 150 valence electrons. The van der Waals surface area contributed by atoms with Crippen molar-refractivity contribution in [1.29, 1.82) is 10.8 Å². The van der Waals surface area contributed by atoms with E-state index in [9.17, 15) is 0 Å². The summed E-state index contributed by atoms with van der Waals surface area (Å²) in [6.07, 6.45) is 7.14. The quantitative estimate of drug-likeness (QED) is 0.296. The number of hydrogen-bond donors (Lipinski definition) is 2. The van der Waals surface area contributed by atoms with Crippen molar-refractivity contribution in [3.63, 3.8) is 0 Å². The van der Waals surface area contributed by atoms with Crippen molar-refractivity contribution in [3.05, 3.63) is 60.6 Å². The van der Waals surface area contributed by atoms with Crippen LogP contribution in [0.5, 0.6) is 11.5 Å². The fourth-order valence-corrected chi connectivity index (χ4v) is 4.10. The molecule has 4 aromatic rings. The summed E-state index contributed by atoms with van der Waals surface area (Å²) in [4.78, 5) is 5.28. The van der Waals surface area contributed by atoms with Crippen molar-refractivity contribution in [2.45, 2.75) is 4.90 Å². The molecule has 9 heteroatoms. The Bertz CT molecular complexity index is 1340. The van der Waals surface area contributed by atoms with E-state index in [4.69, 9.17) is 20.3 Å². The van der Waals surface area contributed by atoms with E-state index in [-0.39, 0.29) is 10.7 Å². The molecule has 3 aromatic heterocycles. The van der Waals surface area contributed by atoms with Crippen LogP contribution in [0, 0.1) is 10.8 Å². The van der Waals surface area contributed by atoms with Crippen molar-refractivity contribution in [3.8, 4) is 22.6 Å². The first-order valence-corrected chi connectivity index (χ1v) is 10.1. The second-order valence-electron chi connectivity index (χ2n) is 6.81. The van der Waals surface area contributed by atoms with Gasteiger partial charge in [0.05, 0.1) is 17.9 Å². The summed E-state index contributed by atoms with van der Waals surface area (Å²) in [6.45, 7) is 1.01. The number of nitrogens with one attached hydrogen (secondary N) is 2. The standard InChI is InChI=1S/C21H18N6O2S/c1-26-11-14(9-25-26)13-2-5-19(22)27(12-13)21(23)30-15-3-4-17-16(8-15)20-18(10-24-17)28-6-7-29-20/h2-5,8-12,22-23H,6-7H2,1H3. The van der Waals surface area contributed by atoms with Crippen molar-refractivity contribution < 1.29 is 9.47 Å². The number of benzene rings is 1. The van der Waals surface area contributed by atoms with Crippen LogP contribution in [-0.4, -0.2) is 37.7 Å². The number of aryl methyl sites for hydroxylation is 1. The molecule has 0 amide bonds. The van der Waals surface area contributed by atoms with Crippen LogP contribution in [0.3, 0.4) is 0 Å². The minimum Gasteiger partial charge on any atom is -0.485 e. The van der Waals surface area contributed by atoms with Crippen molar-refractivity contribution in [2.75, 3.05) is 13.2 Å². The van der Waals surface area contributed by atoms with Gasteiger partial charge in [0, 0.05) is 40.8 Å². The third-order valence-electron chi connectivity index (χ3n) is 4.76. The maximum Gasteiger partial charge on any atom is 0.180 e. The summed E-state index contributed by atoms with van der Waals surface area (Å²) in [7, 11) is 1.86. The summed E-state index contributed by atoms with van der Waals surface area (Å²) in [5, 5.41) is 22.1. The van der Waals surface area contributed by atoms with Crippen molar-refractivity contribution >= 4 is 27.8 Å². The average molecular weight is 418 g/mol. The molecule has 1 aliphatic heterocycles. The molecule has 0 aliphatic carbocycles. The first-order chi connectivity index (χ1) is 14.6. The fourth-order valence-electron chi connectivity index (χ4n) is 3.31. The molecule has 0 radical (unpaired) electrons. The molecule has 0 fully saturated rings. The van der Waals surface area contributed by atoms with E-state index in [2.05, 4.69) is 10.1 Å². The number of hydrogen-bond acceptors (Lipinski definition) is 7. The average Bonchev–Trinajstić information content (AvgIpc) is 3.20. The topological polar surface area (TPSA) is 102 Å². The molecule has 1 aliphatic rings. The monoisotopic (exact) mass is 418 g/mol. The maximum absolute atomic E-state index is 8.58. The van der Waals surface area contributed by atoms with Gasteiger partial charge in [0.1, 0.15) is 18.7 Å². The SMILES string of the molecule is Cn1cc(-c2ccc(=N)n(C(=N)Sc3ccc4ncc5c(c4c3)OCCO5)c2)cn1. The van der Waals surface area contributed by atoms with Gasteiger partial charge in [-0.3, -0.25) is 25.1 Å². The predicted molar refractivity (Wildman–Crippen MR) is 114 cm³/mol. The zero-order valence-electron chi connectivity index (χ0n) is 16.1. The van der Waals surface area contributed by atoms with E-state index in [1.54, 1.807) is 33.9 Å². The van der Waals surface area contributed by atoms with Crippen molar-refractivity contribution in [2.24, 2.45) is 7.05 Å². The Morgan fingerprint density at radius 3 is 2.77 bits per heavy atom. The molecular weight excluding hydrogens is 400 g/mol. The number of aromatic nitrogens is 4. The largest absolute Gasteiger partial charge is 0.485 e. The molecule has 0 bridgehead atoms. The summed E-state index contributed by atoms with van der Waals surface area (Å²) >= 11 is 1.27. The summed E-state index contributed by atoms with van der Waals surface area (Å²) < 4.78 is 14.7. The number of nitrogens with zero attached hydrogens (tertiary/aromatic N) is 4. The molecule has 0 unspecified atom stereocenters. The Labute approximate surface area is 176 Å². The Balaban J connectivity index is 1.48. The van der Waals surface area contributed by atoms with Crippen LogP contribution in [0.15, 0.2) is 60.0 Å². The Morgan fingerprint density at radius 2 is 1.93 bits per heavy atom. The minimum atomic E-state index is 0.222. The van der Waals surface area contributed by atoms with Gasteiger partial charge >= 0.3 is 0 Å². The molecule has 8 nitrogen and oxygen atoms in total. The number of fused-ring (bicyclic) bond motifs is 3. The van der Waals surface area contributed by atoms with Crippen LogP contribution >= 0.6 is 11.8 Å². The highest BCUT2D eigenvalue weighted by Gasteiger charge is 2.17. The Morgan fingerprint density at radius 1 is 1.07 bits per heavy atom. The predicted octanol–water partition coefficient (Wildman–Crippen LogP) is 3.26. The van der Waals surface area contributed by atoms with Crippen molar-refractivity contribution in [1.82, 2.24) is 19.3 Å². The van der Waals surface area contributed by atoms with Gasteiger partial charge in [-0.25, -0.2) is 0 Å². The van der Waals surface area contributed by atoms with Crippen LogP contribution < -0.4 is 15.0 Å². The van der Waals surface area contributed by atoms with Gasteiger partial charge in [-0.2, -0.15) is 5.10 Å². The summed E-state index contributed by atoms with van der Waals surface area (Å²) in [5.74, 6) is 1.32. The van der Waals surface area contributed by atoms with Gasteiger partial charge in [0.2, 0.25) is 0 Å². The van der Waals surface area contributed by atoms with Gasteiger partial charge in [-0.05, 0) is 30.3 Å². The first kappa shape index (κ1) is 18.4. The van der Waals surface area contributed by atoms with E-state index < -0.39 is 0 Å². The fraction of sp³-hybridized carbons (Fsp3) is 0.143. The molecule has 0 atom stereocenters. The third-order valence-corrected chi connectivity index (χ3v) is 5.64. The molecule has 0 spiro atoms. The molecule has 30 heavy (non-hydrogen) atoms. The molecule has 1 aromatic carbocycles. The number of ether oxygens (including phenoxy) is 2. The van der Waals surface area contributed by atoms with Gasteiger partial charge in [-0.15, -0.1) is 0 Å². The second kappa shape index (κ2) is 7.34. The van der Waals surface area contributed by atoms with Crippen LogP contribution in [-0.2, 0) is 7.05 Å². The smallest absolute Gasteiger partial charge is 0.180 e. The zero-order valence-corrected chi connectivity index (χ0v) is 16.9. The third kappa shape index (κ3) is 3.33. The molecular formula is C21H18N6O2S. The second-order valence-corrected chi connectivity index (χ2v) is 7.87. The lowest BCUT2D eigenvalue weighted by atomic mass is 10.2. The van der Waals surface area contributed by atoms with E-state index in [1.807, 2.05) is 37.5 Å².